The van der Waals surface area contributed by atoms with Crippen molar-refractivity contribution in [1.82, 2.24) is 19.6 Å². The highest BCUT2D eigenvalue weighted by molar-refractivity contribution is 9.10. The monoisotopic (exact) mass is 373 g/mol. The number of aryl methyl sites for hydroxylation is 1. The maximum Gasteiger partial charge on any atom is 0.248 e. The van der Waals surface area contributed by atoms with Crippen LogP contribution in [0, 0.1) is 6.92 Å². The Hall–Kier alpha value is -2.41. The summed E-state index contributed by atoms with van der Waals surface area (Å²) in [6.07, 6.45) is 5.33. The van der Waals surface area contributed by atoms with Gasteiger partial charge in [0.1, 0.15) is 6.04 Å². The Kier molecular flexibility index (Phi) is 4.29. The molecule has 0 bridgehead atoms. The molecule has 118 valence electrons. The van der Waals surface area contributed by atoms with Crippen LogP contribution in [0.3, 0.4) is 0 Å². The highest BCUT2D eigenvalue weighted by atomic mass is 79.9. The number of nitrogens with zero attached hydrogens (tertiary/aromatic N) is 4. The van der Waals surface area contributed by atoms with E-state index in [4.69, 9.17) is 0 Å². The van der Waals surface area contributed by atoms with Crippen LogP contribution in [0.25, 0.3) is 5.69 Å². The average molecular weight is 374 g/mol. The molecule has 1 atom stereocenters. The van der Waals surface area contributed by atoms with Crippen LogP contribution in [0.5, 0.6) is 0 Å². The molecule has 1 amide bonds. The van der Waals surface area contributed by atoms with Gasteiger partial charge in [0.2, 0.25) is 5.91 Å². The largest absolute Gasteiger partial charge is 0.324 e. The third-order valence-electron chi connectivity index (χ3n) is 3.47. The van der Waals surface area contributed by atoms with Crippen molar-refractivity contribution >= 4 is 27.5 Å². The second-order valence-electron chi connectivity index (χ2n) is 5.25. The van der Waals surface area contributed by atoms with E-state index in [2.05, 4.69) is 31.4 Å². The minimum absolute atomic E-state index is 0.122. The van der Waals surface area contributed by atoms with E-state index in [1.165, 1.54) is 0 Å². The molecule has 0 saturated heterocycles. The summed E-state index contributed by atoms with van der Waals surface area (Å²) >= 11 is 3.32. The van der Waals surface area contributed by atoms with Gasteiger partial charge in [0.25, 0.3) is 0 Å². The van der Waals surface area contributed by atoms with Crippen molar-refractivity contribution in [3.05, 3.63) is 59.1 Å². The lowest BCUT2D eigenvalue weighted by Gasteiger charge is -2.13. The van der Waals surface area contributed by atoms with E-state index in [-0.39, 0.29) is 5.91 Å². The zero-order valence-corrected chi connectivity index (χ0v) is 14.4. The number of benzene rings is 1. The summed E-state index contributed by atoms with van der Waals surface area (Å²) in [4.78, 5) is 12.3. The van der Waals surface area contributed by atoms with Crippen LogP contribution in [0.2, 0.25) is 0 Å². The molecule has 0 fully saturated rings. The summed E-state index contributed by atoms with van der Waals surface area (Å²) in [5.41, 5.74) is 2.64. The second kappa shape index (κ2) is 6.37. The quantitative estimate of drug-likeness (QED) is 0.762. The summed E-state index contributed by atoms with van der Waals surface area (Å²) in [7, 11) is 0. The summed E-state index contributed by atoms with van der Waals surface area (Å²) in [6, 6.07) is 9.09. The molecule has 2 aromatic heterocycles. The first-order chi connectivity index (χ1) is 11.0. The molecular formula is C16H16BrN5O. The van der Waals surface area contributed by atoms with Crippen LogP contribution < -0.4 is 5.32 Å². The smallest absolute Gasteiger partial charge is 0.248 e. The molecule has 0 saturated carbocycles. The molecule has 7 heteroatoms. The van der Waals surface area contributed by atoms with Crippen LogP contribution in [-0.2, 0) is 4.79 Å². The number of rotatable bonds is 4. The van der Waals surface area contributed by atoms with E-state index in [1.807, 2.05) is 43.5 Å². The predicted octanol–water partition coefficient (Wildman–Crippen LogP) is 3.34. The van der Waals surface area contributed by atoms with Crippen molar-refractivity contribution in [2.75, 3.05) is 5.32 Å². The Balaban J connectivity index is 1.69. The van der Waals surface area contributed by atoms with Crippen molar-refractivity contribution < 1.29 is 4.79 Å². The molecular weight excluding hydrogens is 358 g/mol. The number of halogens is 1. The van der Waals surface area contributed by atoms with E-state index in [9.17, 15) is 4.79 Å². The van der Waals surface area contributed by atoms with E-state index in [0.29, 0.717) is 0 Å². The van der Waals surface area contributed by atoms with E-state index < -0.39 is 6.04 Å². The van der Waals surface area contributed by atoms with E-state index in [1.54, 1.807) is 28.7 Å². The number of hydrogen-bond donors (Lipinski definition) is 1. The Morgan fingerprint density at radius 2 is 2.00 bits per heavy atom. The zero-order chi connectivity index (χ0) is 16.4. The number of anilines is 1. The zero-order valence-electron chi connectivity index (χ0n) is 12.8. The van der Waals surface area contributed by atoms with Crippen molar-refractivity contribution in [2.24, 2.45) is 0 Å². The van der Waals surface area contributed by atoms with Gasteiger partial charge in [-0.05, 0) is 60.1 Å². The van der Waals surface area contributed by atoms with Crippen LogP contribution in [0.15, 0.2) is 53.4 Å². The fourth-order valence-corrected chi connectivity index (χ4v) is 2.45. The number of aromatic nitrogens is 4. The molecule has 6 nitrogen and oxygen atoms in total. The first-order valence-corrected chi connectivity index (χ1v) is 7.95. The Morgan fingerprint density at radius 1 is 1.26 bits per heavy atom. The Morgan fingerprint density at radius 3 is 2.57 bits per heavy atom. The van der Waals surface area contributed by atoms with Gasteiger partial charge >= 0.3 is 0 Å². The minimum atomic E-state index is -0.394. The SMILES string of the molecule is Cc1ccn(-c2ccc(NC(=O)C(C)n3cc(Br)cn3)cc2)n1. The third kappa shape index (κ3) is 3.50. The highest BCUT2D eigenvalue weighted by Crippen LogP contribution is 2.16. The Bertz CT molecular complexity index is 821. The van der Waals surface area contributed by atoms with Gasteiger partial charge in [0, 0.05) is 18.1 Å². The summed E-state index contributed by atoms with van der Waals surface area (Å²) in [6.45, 7) is 3.75. The molecule has 0 radical (unpaired) electrons. The number of amides is 1. The number of carbonyl (C=O) groups excluding carboxylic acids is 1. The summed E-state index contributed by atoms with van der Waals surface area (Å²) < 4.78 is 4.25. The molecule has 3 rings (SSSR count). The second-order valence-corrected chi connectivity index (χ2v) is 6.17. The lowest BCUT2D eigenvalue weighted by molar-refractivity contribution is -0.119. The minimum Gasteiger partial charge on any atom is -0.324 e. The van der Waals surface area contributed by atoms with Crippen LogP contribution in [0.1, 0.15) is 18.7 Å². The standard InChI is InChI=1S/C16H16BrN5O/c1-11-7-8-21(20-11)15-5-3-14(4-6-15)19-16(23)12(2)22-10-13(17)9-18-22/h3-10,12H,1-2H3,(H,19,23). The summed E-state index contributed by atoms with van der Waals surface area (Å²) in [5, 5.41) is 11.4. The fourth-order valence-electron chi connectivity index (χ4n) is 2.15. The van der Waals surface area contributed by atoms with Crippen LogP contribution >= 0.6 is 15.9 Å². The normalized spacial score (nSPS) is 12.1. The van der Waals surface area contributed by atoms with Gasteiger partial charge in [-0.1, -0.05) is 0 Å². The van der Waals surface area contributed by atoms with Crippen molar-refractivity contribution in [2.45, 2.75) is 19.9 Å². The van der Waals surface area contributed by atoms with Crippen molar-refractivity contribution in [3.8, 4) is 5.69 Å². The third-order valence-corrected chi connectivity index (χ3v) is 3.88. The number of nitrogens with one attached hydrogen (secondary N) is 1. The van der Waals surface area contributed by atoms with Crippen molar-refractivity contribution in [3.63, 3.8) is 0 Å². The maximum atomic E-state index is 12.3. The molecule has 0 aliphatic heterocycles. The lowest BCUT2D eigenvalue weighted by atomic mass is 10.2. The highest BCUT2D eigenvalue weighted by Gasteiger charge is 2.15. The fraction of sp³-hybridized carbons (Fsp3) is 0.188. The molecule has 1 aromatic carbocycles. The van der Waals surface area contributed by atoms with Gasteiger partial charge in [-0.15, -0.1) is 0 Å². The molecule has 1 unspecified atom stereocenters. The topological polar surface area (TPSA) is 64.7 Å². The van der Waals surface area contributed by atoms with Crippen LogP contribution in [-0.4, -0.2) is 25.5 Å². The van der Waals surface area contributed by atoms with Gasteiger partial charge in [0.15, 0.2) is 0 Å². The maximum absolute atomic E-state index is 12.3. The molecule has 0 aliphatic carbocycles. The predicted molar refractivity (Wildman–Crippen MR) is 91.6 cm³/mol. The summed E-state index contributed by atoms with van der Waals surface area (Å²) in [5.74, 6) is -0.122. The van der Waals surface area contributed by atoms with E-state index >= 15 is 0 Å². The molecule has 0 aliphatic rings. The molecule has 23 heavy (non-hydrogen) atoms. The van der Waals surface area contributed by atoms with Crippen LogP contribution in [0.4, 0.5) is 5.69 Å². The van der Waals surface area contributed by atoms with Crippen molar-refractivity contribution in [1.29, 1.82) is 0 Å². The Labute approximate surface area is 142 Å². The van der Waals surface area contributed by atoms with Gasteiger partial charge < -0.3 is 5.32 Å². The average Bonchev–Trinajstić information content (AvgIpc) is 3.16. The first-order valence-electron chi connectivity index (χ1n) is 7.16. The lowest BCUT2D eigenvalue weighted by Crippen LogP contribution is -2.23. The number of hydrogen-bond acceptors (Lipinski definition) is 3. The molecule has 3 aromatic rings. The van der Waals surface area contributed by atoms with Gasteiger partial charge in [-0.25, -0.2) is 4.68 Å². The van der Waals surface area contributed by atoms with Gasteiger partial charge in [0.05, 0.1) is 22.1 Å². The molecule has 1 N–H and O–H groups in total. The molecule has 2 heterocycles. The van der Waals surface area contributed by atoms with Gasteiger partial charge in [-0.3, -0.25) is 9.48 Å². The number of carbonyl (C=O) groups is 1. The van der Waals surface area contributed by atoms with E-state index in [0.717, 1.165) is 21.5 Å². The molecule has 0 spiro atoms. The van der Waals surface area contributed by atoms with Gasteiger partial charge in [-0.2, -0.15) is 10.2 Å². The first kappa shape index (κ1) is 15.5.